The van der Waals surface area contributed by atoms with Gasteiger partial charge in [0, 0.05) is 18.1 Å². The monoisotopic (exact) mass is 462 g/mol. The van der Waals surface area contributed by atoms with Gasteiger partial charge in [0.1, 0.15) is 12.4 Å². The smallest absolute Gasteiger partial charge is 0.243 e. The maximum absolute atomic E-state index is 12.4. The molecule has 0 aliphatic carbocycles. The van der Waals surface area contributed by atoms with E-state index in [1.807, 2.05) is 54.6 Å². The summed E-state index contributed by atoms with van der Waals surface area (Å²) in [7, 11) is 4.60. The van der Waals surface area contributed by atoms with Crippen molar-refractivity contribution in [3.05, 3.63) is 83.4 Å². The predicted octanol–water partition coefficient (Wildman–Crippen LogP) is 4.53. The first-order valence-electron chi connectivity index (χ1n) is 10.7. The van der Waals surface area contributed by atoms with Gasteiger partial charge in [0.2, 0.25) is 23.8 Å². The minimum absolute atomic E-state index is 0.259. The van der Waals surface area contributed by atoms with E-state index in [-0.39, 0.29) is 11.8 Å². The summed E-state index contributed by atoms with van der Waals surface area (Å²) in [5, 5.41) is 5.73. The van der Waals surface area contributed by atoms with Crippen LogP contribution in [0.1, 0.15) is 29.8 Å². The van der Waals surface area contributed by atoms with Crippen molar-refractivity contribution in [2.24, 2.45) is 5.10 Å². The van der Waals surface area contributed by atoms with Gasteiger partial charge < -0.3 is 23.7 Å². The lowest BCUT2D eigenvalue weighted by molar-refractivity contribution is -0.135. The van der Waals surface area contributed by atoms with Gasteiger partial charge in [-0.05, 0) is 29.8 Å². The van der Waals surface area contributed by atoms with Crippen LogP contribution in [0.25, 0.3) is 0 Å². The zero-order valence-electron chi connectivity index (χ0n) is 19.5. The first kappa shape index (κ1) is 23.0. The fourth-order valence-electron chi connectivity index (χ4n) is 3.60. The van der Waals surface area contributed by atoms with Crippen LogP contribution in [0.3, 0.4) is 0 Å². The topological polar surface area (TPSA) is 78.8 Å². The molecule has 0 bridgehead atoms. The second kappa shape index (κ2) is 10.2. The SMILES string of the molecule is COc1cc(C2=NN(C(C)=O)C(c3cccc(OCc4ccccc4)c3)O2)cc(OC)c1OC. The van der Waals surface area contributed by atoms with Crippen LogP contribution in [0.15, 0.2) is 71.8 Å². The molecule has 0 radical (unpaired) electrons. The highest BCUT2D eigenvalue weighted by Crippen LogP contribution is 2.40. The van der Waals surface area contributed by atoms with E-state index in [1.54, 1.807) is 12.1 Å². The van der Waals surface area contributed by atoms with Crippen molar-refractivity contribution >= 4 is 11.8 Å². The highest BCUT2D eigenvalue weighted by atomic mass is 16.5. The van der Waals surface area contributed by atoms with Crippen molar-refractivity contribution in [1.82, 2.24) is 5.01 Å². The van der Waals surface area contributed by atoms with Gasteiger partial charge in [-0.25, -0.2) is 0 Å². The van der Waals surface area contributed by atoms with E-state index in [2.05, 4.69) is 5.10 Å². The van der Waals surface area contributed by atoms with Gasteiger partial charge in [-0.15, -0.1) is 5.10 Å². The Hall–Kier alpha value is -4.20. The lowest BCUT2D eigenvalue weighted by atomic mass is 10.1. The van der Waals surface area contributed by atoms with Crippen LogP contribution in [0, 0.1) is 0 Å². The summed E-state index contributed by atoms with van der Waals surface area (Å²) in [6.07, 6.45) is -0.744. The summed E-state index contributed by atoms with van der Waals surface area (Å²) in [4.78, 5) is 12.4. The van der Waals surface area contributed by atoms with Crippen molar-refractivity contribution in [3.63, 3.8) is 0 Å². The van der Waals surface area contributed by atoms with E-state index in [1.165, 1.54) is 33.3 Å². The first-order valence-corrected chi connectivity index (χ1v) is 10.7. The molecule has 3 aromatic rings. The van der Waals surface area contributed by atoms with E-state index in [4.69, 9.17) is 23.7 Å². The third-order valence-corrected chi connectivity index (χ3v) is 5.27. The van der Waals surface area contributed by atoms with E-state index in [0.717, 1.165) is 11.1 Å². The molecule has 1 aliphatic rings. The Labute approximate surface area is 198 Å². The zero-order chi connectivity index (χ0) is 24.1. The standard InChI is InChI=1S/C26H26N2O6/c1-17(29)28-26(19-11-8-12-21(13-19)33-16-18-9-6-5-7-10-18)34-25(27-28)20-14-22(30-2)24(32-4)23(15-20)31-3/h5-15,26H,16H2,1-4H3. The number of benzene rings is 3. The van der Waals surface area contributed by atoms with E-state index < -0.39 is 6.23 Å². The fraction of sp³-hybridized carbons (Fsp3) is 0.231. The van der Waals surface area contributed by atoms with Crippen molar-refractivity contribution in [2.45, 2.75) is 19.8 Å². The largest absolute Gasteiger partial charge is 0.493 e. The minimum Gasteiger partial charge on any atom is -0.493 e. The molecule has 1 atom stereocenters. The highest BCUT2D eigenvalue weighted by Gasteiger charge is 2.34. The maximum Gasteiger partial charge on any atom is 0.243 e. The number of amides is 1. The molecular formula is C26H26N2O6. The number of ether oxygens (including phenoxy) is 5. The molecule has 8 heteroatoms. The molecule has 34 heavy (non-hydrogen) atoms. The molecule has 176 valence electrons. The Morgan fingerprint density at radius 3 is 2.26 bits per heavy atom. The van der Waals surface area contributed by atoms with Crippen LogP contribution < -0.4 is 18.9 Å². The summed E-state index contributed by atoms with van der Waals surface area (Å²) in [6.45, 7) is 1.87. The van der Waals surface area contributed by atoms with Crippen LogP contribution in [0.2, 0.25) is 0 Å². The summed E-state index contributed by atoms with van der Waals surface area (Å²) < 4.78 is 28.3. The first-order chi connectivity index (χ1) is 16.5. The Morgan fingerprint density at radius 1 is 0.941 bits per heavy atom. The van der Waals surface area contributed by atoms with Crippen LogP contribution in [-0.4, -0.2) is 38.1 Å². The predicted molar refractivity (Wildman–Crippen MR) is 126 cm³/mol. The number of rotatable bonds is 8. The summed E-state index contributed by atoms with van der Waals surface area (Å²) >= 11 is 0. The van der Waals surface area contributed by atoms with Gasteiger partial charge in [-0.3, -0.25) is 4.79 Å². The lowest BCUT2D eigenvalue weighted by Crippen LogP contribution is -2.25. The molecule has 0 N–H and O–H groups in total. The molecule has 0 saturated carbocycles. The number of hydrogen-bond acceptors (Lipinski definition) is 7. The lowest BCUT2D eigenvalue weighted by Gasteiger charge is -2.20. The molecule has 0 aromatic heterocycles. The van der Waals surface area contributed by atoms with E-state index in [9.17, 15) is 4.79 Å². The summed E-state index contributed by atoms with van der Waals surface area (Å²) in [5.41, 5.74) is 2.37. The van der Waals surface area contributed by atoms with E-state index in [0.29, 0.717) is 35.2 Å². The normalized spacial score (nSPS) is 14.8. The fourth-order valence-corrected chi connectivity index (χ4v) is 3.60. The second-order valence-electron chi connectivity index (χ2n) is 7.50. The van der Waals surface area contributed by atoms with Crippen LogP contribution in [0.4, 0.5) is 0 Å². The molecule has 8 nitrogen and oxygen atoms in total. The second-order valence-corrected chi connectivity index (χ2v) is 7.50. The summed E-state index contributed by atoms with van der Waals surface area (Å²) in [6, 6.07) is 20.8. The average molecular weight is 463 g/mol. The number of nitrogens with zero attached hydrogens (tertiary/aromatic N) is 2. The van der Waals surface area contributed by atoms with Crippen molar-refractivity contribution < 1.29 is 28.5 Å². The summed E-state index contributed by atoms with van der Waals surface area (Å²) in [5.74, 6) is 2.03. The average Bonchev–Trinajstić information content (AvgIpc) is 3.33. The maximum atomic E-state index is 12.4. The molecule has 0 saturated heterocycles. The number of carbonyl (C=O) groups excluding carboxylic acids is 1. The number of carbonyl (C=O) groups is 1. The van der Waals surface area contributed by atoms with Crippen LogP contribution >= 0.6 is 0 Å². The van der Waals surface area contributed by atoms with E-state index >= 15 is 0 Å². The van der Waals surface area contributed by atoms with Crippen molar-refractivity contribution in [3.8, 4) is 23.0 Å². The number of hydrogen-bond donors (Lipinski definition) is 0. The quantitative estimate of drug-likeness (QED) is 0.489. The molecule has 0 spiro atoms. The molecule has 4 rings (SSSR count). The Morgan fingerprint density at radius 2 is 1.65 bits per heavy atom. The van der Waals surface area contributed by atoms with Crippen molar-refractivity contribution in [1.29, 1.82) is 0 Å². The molecule has 1 aliphatic heterocycles. The molecule has 1 heterocycles. The van der Waals surface area contributed by atoms with Crippen LogP contribution in [0.5, 0.6) is 23.0 Å². The van der Waals surface area contributed by atoms with Crippen molar-refractivity contribution in [2.75, 3.05) is 21.3 Å². The molecule has 1 amide bonds. The molecular weight excluding hydrogens is 436 g/mol. The van der Waals surface area contributed by atoms with Gasteiger partial charge >= 0.3 is 0 Å². The van der Waals surface area contributed by atoms with Gasteiger partial charge in [-0.2, -0.15) is 5.01 Å². The van der Waals surface area contributed by atoms with Gasteiger partial charge in [-0.1, -0.05) is 42.5 Å². The molecule has 1 unspecified atom stereocenters. The number of hydrazone groups is 1. The third kappa shape index (κ3) is 4.76. The Bertz CT molecular complexity index is 1170. The van der Waals surface area contributed by atoms with Gasteiger partial charge in [0.25, 0.3) is 0 Å². The highest BCUT2D eigenvalue weighted by molar-refractivity contribution is 5.97. The molecule has 0 fully saturated rings. The van der Waals surface area contributed by atoms with Gasteiger partial charge in [0.15, 0.2) is 11.5 Å². The molecule has 3 aromatic carbocycles. The third-order valence-electron chi connectivity index (χ3n) is 5.27. The van der Waals surface area contributed by atoms with Crippen LogP contribution in [-0.2, 0) is 16.1 Å². The zero-order valence-corrected chi connectivity index (χ0v) is 19.5. The number of methoxy groups -OCH3 is 3. The van der Waals surface area contributed by atoms with Gasteiger partial charge in [0.05, 0.1) is 21.3 Å². The minimum atomic E-state index is -0.744. The Kier molecular flexibility index (Phi) is 6.87. The Balaban J connectivity index is 1.60.